The third-order valence-corrected chi connectivity index (χ3v) is 6.05. The number of nitriles is 3. The molecule has 0 aliphatic heterocycles. The fourth-order valence-corrected chi connectivity index (χ4v) is 4.41. The summed E-state index contributed by atoms with van der Waals surface area (Å²) in [4.78, 5) is 20.9. The van der Waals surface area contributed by atoms with Gasteiger partial charge in [0.15, 0.2) is 22.7 Å². The molecule has 0 saturated carbocycles. The summed E-state index contributed by atoms with van der Waals surface area (Å²) in [5, 5.41) is 30.6. The number of aromatic nitrogens is 4. The van der Waals surface area contributed by atoms with Crippen LogP contribution in [-0.2, 0) is 0 Å². The van der Waals surface area contributed by atoms with Gasteiger partial charge in [-0.25, -0.2) is 30.0 Å². The molecule has 1 aliphatic carbocycles. The maximum atomic E-state index is 9.73. The van der Waals surface area contributed by atoms with Crippen LogP contribution in [0.1, 0.15) is 22.6 Å². The number of hydrogen-bond donors (Lipinski definition) is 0. The first kappa shape index (κ1) is 20.6. The fourth-order valence-electron chi connectivity index (χ4n) is 4.41. The van der Waals surface area contributed by atoms with E-state index in [1.165, 1.54) is 0 Å². The van der Waals surface area contributed by atoms with Crippen molar-refractivity contribution in [3.63, 3.8) is 0 Å². The first-order valence-corrected chi connectivity index (χ1v) is 10.7. The van der Waals surface area contributed by atoms with Gasteiger partial charge < -0.3 is 0 Å². The molecule has 36 heavy (non-hydrogen) atoms. The monoisotopic (exact) mass is 458 g/mol. The SMILES string of the molecule is [C-]#[N+]/C(C#N)=C1\c2cc(-c3ccc4ccccc4c3)ccc2-c2nc3nc(C#N)c(C#N)nc3nc21. The van der Waals surface area contributed by atoms with Gasteiger partial charge in [-0.3, -0.25) is 0 Å². The van der Waals surface area contributed by atoms with Crippen LogP contribution in [-0.4, -0.2) is 19.9 Å². The number of rotatable bonds is 1. The van der Waals surface area contributed by atoms with E-state index in [0.29, 0.717) is 28.1 Å². The van der Waals surface area contributed by atoms with Crippen molar-refractivity contribution in [1.82, 2.24) is 19.9 Å². The normalized spacial score (nSPS) is 12.7. The Morgan fingerprint density at radius 2 is 1.33 bits per heavy atom. The van der Waals surface area contributed by atoms with Gasteiger partial charge in [-0.1, -0.05) is 48.5 Å². The Balaban J connectivity index is 1.62. The summed E-state index contributed by atoms with van der Waals surface area (Å²) in [5.74, 6) is 0. The van der Waals surface area contributed by atoms with Gasteiger partial charge in [-0.15, -0.1) is 0 Å². The molecule has 0 unspecified atom stereocenters. The van der Waals surface area contributed by atoms with E-state index in [9.17, 15) is 15.8 Å². The molecule has 8 heteroatoms. The third-order valence-electron chi connectivity index (χ3n) is 6.05. The maximum absolute atomic E-state index is 9.73. The minimum absolute atomic E-state index is 0.0617. The largest absolute Gasteiger partial charge is 0.271 e. The van der Waals surface area contributed by atoms with Crippen LogP contribution in [0.2, 0.25) is 0 Å². The van der Waals surface area contributed by atoms with E-state index in [1.807, 2.05) is 66.7 Å². The van der Waals surface area contributed by atoms with Crippen molar-refractivity contribution in [3.05, 3.63) is 100 Å². The molecule has 0 atom stereocenters. The molecular formula is C28H10N8. The molecule has 0 saturated heterocycles. The zero-order chi connectivity index (χ0) is 24.8. The molecule has 6 rings (SSSR count). The zero-order valence-electron chi connectivity index (χ0n) is 18.4. The molecule has 0 fully saturated rings. The molecule has 2 heterocycles. The van der Waals surface area contributed by atoms with Gasteiger partial charge in [0.1, 0.15) is 12.1 Å². The van der Waals surface area contributed by atoms with Crippen molar-refractivity contribution in [2.75, 3.05) is 0 Å². The molecule has 0 N–H and O–H groups in total. The van der Waals surface area contributed by atoms with E-state index in [1.54, 1.807) is 0 Å². The molecule has 1 aliphatic rings. The lowest BCUT2D eigenvalue weighted by Crippen LogP contribution is -2.02. The predicted octanol–water partition coefficient (Wildman–Crippen LogP) is 5.17. The Morgan fingerprint density at radius 1 is 0.694 bits per heavy atom. The van der Waals surface area contributed by atoms with Crippen molar-refractivity contribution in [2.45, 2.75) is 0 Å². The van der Waals surface area contributed by atoms with Gasteiger partial charge in [-0.2, -0.15) is 10.5 Å². The van der Waals surface area contributed by atoms with Crippen LogP contribution in [0.15, 0.2) is 66.4 Å². The highest BCUT2D eigenvalue weighted by molar-refractivity contribution is 6.03. The number of nitrogens with zero attached hydrogens (tertiary/aromatic N) is 8. The van der Waals surface area contributed by atoms with E-state index < -0.39 is 0 Å². The van der Waals surface area contributed by atoms with E-state index in [4.69, 9.17) is 6.57 Å². The first-order valence-electron chi connectivity index (χ1n) is 10.7. The molecule has 0 amide bonds. The molecule has 162 valence electrons. The quantitative estimate of drug-likeness (QED) is 0.246. The van der Waals surface area contributed by atoms with Crippen molar-refractivity contribution >= 4 is 27.6 Å². The second-order valence-electron chi connectivity index (χ2n) is 7.98. The van der Waals surface area contributed by atoms with Crippen LogP contribution in [0, 0.1) is 40.6 Å². The van der Waals surface area contributed by atoms with Crippen molar-refractivity contribution < 1.29 is 0 Å². The minimum Gasteiger partial charge on any atom is -0.226 e. The van der Waals surface area contributed by atoms with Gasteiger partial charge in [0, 0.05) is 11.1 Å². The Labute approximate surface area is 204 Å². The molecule has 0 spiro atoms. The predicted molar refractivity (Wildman–Crippen MR) is 131 cm³/mol. The number of benzene rings is 3. The van der Waals surface area contributed by atoms with E-state index in [-0.39, 0.29) is 28.4 Å². The van der Waals surface area contributed by atoms with Gasteiger partial charge in [0.2, 0.25) is 0 Å². The molecular weight excluding hydrogens is 448 g/mol. The molecule has 0 bridgehead atoms. The summed E-state index contributed by atoms with van der Waals surface area (Å²) < 4.78 is 0. The Bertz CT molecular complexity index is 1980. The standard InChI is InChI=1S/C28H10N8/c1-32-23(14-31)24-20-11-18(17-7-6-15-4-2-3-5-16(15)10-17)8-9-19(20)25-26(24)36-28-27(35-25)33-21(12-29)22(13-30)34-28/h2-11H/b24-23+. The molecule has 2 aromatic heterocycles. The summed E-state index contributed by atoms with van der Waals surface area (Å²) in [6, 6.07) is 25.7. The topological polar surface area (TPSA) is 127 Å². The minimum atomic E-state index is -0.162. The maximum Gasteiger partial charge on any atom is 0.271 e. The molecule has 3 aromatic carbocycles. The molecule has 0 radical (unpaired) electrons. The number of fused-ring (bicyclic) bond motifs is 5. The lowest BCUT2D eigenvalue weighted by Gasteiger charge is -2.08. The van der Waals surface area contributed by atoms with Crippen molar-refractivity contribution in [2.24, 2.45) is 0 Å². The summed E-state index contributed by atoms with van der Waals surface area (Å²) in [6.07, 6.45) is 0. The van der Waals surface area contributed by atoms with E-state index >= 15 is 0 Å². The van der Waals surface area contributed by atoms with Gasteiger partial charge in [-0.05, 0) is 39.6 Å². The Kier molecular flexibility index (Phi) is 4.48. The fraction of sp³-hybridized carbons (Fsp3) is 0. The Morgan fingerprint density at radius 3 is 2.00 bits per heavy atom. The average molecular weight is 458 g/mol. The smallest absolute Gasteiger partial charge is 0.226 e. The average Bonchev–Trinajstić information content (AvgIpc) is 3.23. The highest BCUT2D eigenvalue weighted by Crippen LogP contribution is 2.46. The highest BCUT2D eigenvalue weighted by Gasteiger charge is 2.31. The third kappa shape index (κ3) is 2.97. The van der Waals surface area contributed by atoms with Crippen LogP contribution in [0.3, 0.4) is 0 Å². The van der Waals surface area contributed by atoms with Crippen molar-refractivity contribution in [3.8, 4) is 40.6 Å². The van der Waals surface area contributed by atoms with Crippen LogP contribution in [0.5, 0.6) is 0 Å². The molecule has 5 aromatic rings. The number of allylic oxidation sites excluding steroid dienone is 1. The van der Waals surface area contributed by atoms with Crippen LogP contribution in [0.25, 0.3) is 54.9 Å². The zero-order valence-corrected chi connectivity index (χ0v) is 18.4. The van der Waals surface area contributed by atoms with Gasteiger partial charge in [0.05, 0.1) is 24.0 Å². The second kappa shape index (κ2) is 7.82. The second-order valence-corrected chi connectivity index (χ2v) is 7.98. The summed E-state index contributed by atoms with van der Waals surface area (Å²) in [7, 11) is 0. The lowest BCUT2D eigenvalue weighted by molar-refractivity contribution is 1.11. The van der Waals surface area contributed by atoms with Crippen LogP contribution < -0.4 is 0 Å². The summed E-state index contributed by atoms with van der Waals surface area (Å²) in [6.45, 7) is 7.58. The lowest BCUT2D eigenvalue weighted by atomic mass is 9.96. The summed E-state index contributed by atoms with van der Waals surface area (Å²) in [5.41, 5.74) is 4.11. The first-order chi connectivity index (χ1) is 17.6. The van der Waals surface area contributed by atoms with Crippen LogP contribution >= 0.6 is 0 Å². The number of hydrogen-bond acceptors (Lipinski definition) is 7. The Hall–Kier alpha value is -5.96. The van der Waals surface area contributed by atoms with E-state index in [2.05, 4.69) is 36.9 Å². The summed E-state index contributed by atoms with van der Waals surface area (Å²) >= 11 is 0. The highest BCUT2D eigenvalue weighted by atomic mass is 15.0. The van der Waals surface area contributed by atoms with Crippen molar-refractivity contribution in [1.29, 1.82) is 15.8 Å². The van der Waals surface area contributed by atoms with Gasteiger partial charge >= 0.3 is 0 Å². The molecule has 8 nitrogen and oxygen atoms in total. The van der Waals surface area contributed by atoms with Crippen LogP contribution in [0.4, 0.5) is 0 Å². The van der Waals surface area contributed by atoms with E-state index in [0.717, 1.165) is 21.9 Å². The van der Waals surface area contributed by atoms with Gasteiger partial charge in [0.25, 0.3) is 5.70 Å².